The number of nitrogens with zero attached hydrogens (tertiary/aromatic N) is 2. The smallest absolute Gasteiger partial charge is 0.269 e. The van der Waals surface area contributed by atoms with Gasteiger partial charge in [0.1, 0.15) is 6.54 Å². The fourth-order valence-corrected chi connectivity index (χ4v) is 4.68. The normalized spacial score (nSPS) is 11.1. The lowest BCUT2D eigenvalue weighted by Crippen LogP contribution is -2.41. The molecule has 1 N–H and O–H groups in total. The molecule has 0 aliphatic heterocycles. The Hall–Kier alpha value is -3.72. The van der Waals surface area contributed by atoms with Crippen LogP contribution in [-0.2, 0) is 21.2 Å². The molecular weight excluding hydrogens is 442 g/mol. The first-order valence-electron chi connectivity index (χ1n) is 10.4. The first-order chi connectivity index (χ1) is 15.8. The molecule has 0 radical (unpaired) electrons. The number of carbonyl (C=O) groups is 1. The molecule has 172 valence electrons. The Morgan fingerprint density at radius 2 is 1.61 bits per heavy atom. The number of nitro groups is 1. The Balaban J connectivity index is 1.71. The fraction of sp³-hybridized carbons (Fsp3) is 0.208. The van der Waals surface area contributed by atoms with Gasteiger partial charge in [-0.15, -0.1) is 0 Å². The third kappa shape index (κ3) is 6.39. The minimum Gasteiger partial charge on any atom is -0.355 e. The van der Waals surface area contributed by atoms with Crippen molar-refractivity contribution in [3.8, 4) is 0 Å². The van der Waals surface area contributed by atoms with E-state index in [0.29, 0.717) is 13.0 Å². The molecule has 0 aromatic heterocycles. The van der Waals surface area contributed by atoms with Gasteiger partial charge >= 0.3 is 0 Å². The van der Waals surface area contributed by atoms with Crippen molar-refractivity contribution in [1.29, 1.82) is 0 Å². The van der Waals surface area contributed by atoms with Crippen LogP contribution < -0.4 is 9.62 Å². The van der Waals surface area contributed by atoms with Crippen molar-refractivity contribution in [2.24, 2.45) is 0 Å². The van der Waals surface area contributed by atoms with Crippen molar-refractivity contribution in [1.82, 2.24) is 5.32 Å². The summed E-state index contributed by atoms with van der Waals surface area (Å²) in [7, 11) is -4.06. The average Bonchev–Trinajstić information content (AvgIpc) is 2.82. The molecule has 0 fully saturated rings. The Morgan fingerprint density at radius 1 is 0.970 bits per heavy atom. The van der Waals surface area contributed by atoms with Gasteiger partial charge in [0, 0.05) is 18.7 Å². The fourth-order valence-electron chi connectivity index (χ4n) is 3.24. The quantitative estimate of drug-likeness (QED) is 0.277. The van der Waals surface area contributed by atoms with Crippen molar-refractivity contribution in [3.05, 3.63) is 100 Å². The van der Waals surface area contributed by atoms with Gasteiger partial charge in [-0.1, -0.05) is 48.0 Å². The summed E-state index contributed by atoms with van der Waals surface area (Å²) in [5.41, 5.74) is 2.34. The van der Waals surface area contributed by atoms with Crippen LogP contribution >= 0.6 is 0 Å². The Kier molecular flexibility index (Phi) is 7.78. The van der Waals surface area contributed by atoms with Crippen LogP contribution in [0.1, 0.15) is 17.5 Å². The summed E-state index contributed by atoms with van der Waals surface area (Å²) in [6.07, 6.45) is 1.49. The van der Waals surface area contributed by atoms with E-state index >= 15 is 0 Å². The molecule has 0 heterocycles. The SMILES string of the molecule is Cc1ccc(CCCNC(=O)CN(c2ccc([N+](=O)[O-])cc2)S(=O)(=O)c2ccccc2)cc1. The summed E-state index contributed by atoms with van der Waals surface area (Å²) in [5, 5.41) is 13.7. The molecule has 0 saturated carbocycles. The topological polar surface area (TPSA) is 110 Å². The van der Waals surface area contributed by atoms with Crippen molar-refractivity contribution in [2.45, 2.75) is 24.7 Å². The molecule has 33 heavy (non-hydrogen) atoms. The first kappa shape index (κ1) is 23.9. The van der Waals surface area contributed by atoms with Crippen molar-refractivity contribution >= 4 is 27.3 Å². The molecule has 0 unspecified atom stereocenters. The third-order valence-electron chi connectivity index (χ3n) is 5.05. The van der Waals surface area contributed by atoms with E-state index in [1.807, 2.05) is 31.2 Å². The van der Waals surface area contributed by atoms with Crippen LogP contribution in [-0.4, -0.2) is 32.3 Å². The van der Waals surface area contributed by atoms with E-state index < -0.39 is 27.4 Å². The molecule has 0 spiro atoms. The van der Waals surface area contributed by atoms with Crippen LogP contribution in [0.25, 0.3) is 0 Å². The summed E-state index contributed by atoms with van der Waals surface area (Å²) in [4.78, 5) is 23.0. The van der Waals surface area contributed by atoms with Gasteiger partial charge in [-0.2, -0.15) is 0 Å². The molecule has 0 aliphatic carbocycles. The summed E-state index contributed by atoms with van der Waals surface area (Å²) in [6.45, 7) is 1.97. The number of benzene rings is 3. The van der Waals surface area contributed by atoms with Crippen LogP contribution in [0.15, 0.2) is 83.8 Å². The molecule has 0 atom stereocenters. The largest absolute Gasteiger partial charge is 0.355 e. The molecule has 1 amide bonds. The zero-order valence-electron chi connectivity index (χ0n) is 18.2. The zero-order valence-corrected chi connectivity index (χ0v) is 19.0. The maximum absolute atomic E-state index is 13.2. The van der Waals surface area contributed by atoms with Crippen molar-refractivity contribution < 1.29 is 18.1 Å². The Morgan fingerprint density at radius 3 is 2.21 bits per heavy atom. The Labute approximate surface area is 193 Å². The number of carbonyl (C=O) groups excluding carboxylic acids is 1. The number of rotatable bonds is 10. The first-order valence-corrected chi connectivity index (χ1v) is 11.9. The van der Waals surface area contributed by atoms with Crippen LogP contribution in [0.3, 0.4) is 0 Å². The molecule has 0 aliphatic rings. The van der Waals surface area contributed by atoms with Gasteiger partial charge in [0.05, 0.1) is 15.5 Å². The number of anilines is 1. The summed E-state index contributed by atoms with van der Waals surface area (Å²) < 4.78 is 27.4. The standard InChI is InChI=1S/C24H25N3O5S/c1-19-9-11-20(12-10-19)6-5-17-25-24(28)18-26(21-13-15-22(16-14-21)27(29)30)33(31,32)23-7-3-2-4-8-23/h2-4,7-16H,5-6,17-18H2,1H3,(H,25,28). The highest BCUT2D eigenvalue weighted by molar-refractivity contribution is 7.92. The number of hydrogen-bond donors (Lipinski definition) is 1. The lowest BCUT2D eigenvalue weighted by molar-refractivity contribution is -0.384. The maximum Gasteiger partial charge on any atom is 0.269 e. The molecule has 3 aromatic rings. The minimum atomic E-state index is -4.06. The number of nitrogens with one attached hydrogen (secondary N) is 1. The lowest BCUT2D eigenvalue weighted by Gasteiger charge is -2.24. The summed E-state index contributed by atoms with van der Waals surface area (Å²) >= 11 is 0. The van der Waals surface area contributed by atoms with E-state index in [2.05, 4.69) is 5.32 Å². The van der Waals surface area contributed by atoms with Crippen molar-refractivity contribution in [2.75, 3.05) is 17.4 Å². The highest BCUT2D eigenvalue weighted by atomic mass is 32.2. The molecule has 3 rings (SSSR count). The highest BCUT2D eigenvalue weighted by Gasteiger charge is 2.27. The van der Waals surface area contributed by atoms with Crippen LogP contribution in [0.5, 0.6) is 0 Å². The molecule has 8 nitrogen and oxygen atoms in total. The molecule has 0 bridgehead atoms. The summed E-state index contributed by atoms with van der Waals surface area (Å²) in [6, 6.07) is 21.0. The number of aryl methyl sites for hydroxylation is 2. The predicted octanol–water partition coefficient (Wildman–Crippen LogP) is 3.85. The monoisotopic (exact) mass is 467 g/mol. The predicted molar refractivity (Wildman–Crippen MR) is 127 cm³/mol. The molecular formula is C24H25N3O5S. The van der Waals surface area contributed by atoms with E-state index in [1.54, 1.807) is 18.2 Å². The van der Waals surface area contributed by atoms with E-state index in [-0.39, 0.29) is 16.3 Å². The molecule has 3 aromatic carbocycles. The average molecular weight is 468 g/mol. The van der Waals surface area contributed by atoms with Gasteiger partial charge in [0.2, 0.25) is 5.91 Å². The number of amides is 1. The lowest BCUT2D eigenvalue weighted by atomic mass is 10.1. The van der Waals surface area contributed by atoms with Crippen LogP contribution in [0.2, 0.25) is 0 Å². The van der Waals surface area contributed by atoms with Crippen LogP contribution in [0, 0.1) is 17.0 Å². The zero-order chi connectivity index (χ0) is 23.8. The van der Waals surface area contributed by atoms with E-state index in [9.17, 15) is 23.3 Å². The summed E-state index contributed by atoms with van der Waals surface area (Å²) in [5.74, 6) is -0.461. The van der Waals surface area contributed by atoms with Gasteiger partial charge < -0.3 is 5.32 Å². The minimum absolute atomic E-state index is 0.0236. The van der Waals surface area contributed by atoms with Gasteiger partial charge in [-0.25, -0.2) is 8.42 Å². The number of sulfonamides is 1. The highest BCUT2D eigenvalue weighted by Crippen LogP contribution is 2.25. The number of nitro benzene ring substituents is 1. The number of hydrogen-bond acceptors (Lipinski definition) is 5. The van der Waals surface area contributed by atoms with E-state index in [0.717, 1.165) is 16.3 Å². The maximum atomic E-state index is 13.2. The van der Waals surface area contributed by atoms with E-state index in [4.69, 9.17) is 0 Å². The molecule has 0 saturated heterocycles. The van der Waals surface area contributed by atoms with Crippen molar-refractivity contribution in [3.63, 3.8) is 0 Å². The van der Waals surface area contributed by atoms with E-state index in [1.165, 1.54) is 42.0 Å². The van der Waals surface area contributed by atoms with Gasteiger partial charge in [0.15, 0.2) is 0 Å². The second-order valence-electron chi connectivity index (χ2n) is 7.54. The third-order valence-corrected chi connectivity index (χ3v) is 6.84. The number of non-ortho nitro benzene ring substituents is 1. The van der Waals surface area contributed by atoms with Gasteiger partial charge in [-0.3, -0.25) is 19.2 Å². The van der Waals surface area contributed by atoms with Gasteiger partial charge in [-0.05, 0) is 49.6 Å². The van der Waals surface area contributed by atoms with Crippen LogP contribution in [0.4, 0.5) is 11.4 Å². The second kappa shape index (κ2) is 10.7. The second-order valence-corrected chi connectivity index (χ2v) is 9.40. The molecule has 9 heteroatoms. The van der Waals surface area contributed by atoms with Gasteiger partial charge in [0.25, 0.3) is 15.7 Å². The Bertz CT molecular complexity index is 1200.